The third-order valence-electron chi connectivity index (χ3n) is 8.42. The van der Waals surface area contributed by atoms with E-state index < -0.39 is 0 Å². The van der Waals surface area contributed by atoms with Crippen molar-refractivity contribution in [3.8, 4) is 11.5 Å². The fourth-order valence-electron chi connectivity index (χ4n) is 6.70. The zero-order valence-corrected chi connectivity index (χ0v) is 20.5. The molecule has 3 heteroatoms. The molecule has 0 amide bonds. The van der Waals surface area contributed by atoms with Gasteiger partial charge in [0, 0.05) is 36.9 Å². The number of para-hydroxylation sites is 1. The third-order valence-corrected chi connectivity index (χ3v) is 8.42. The first-order valence-electron chi connectivity index (χ1n) is 13.6. The molecule has 2 aromatic rings. The molecule has 2 saturated carbocycles. The molecule has 2 aliphatic carbocycles. The first kappa shape index (κ1) is 22.8. The lowest BCUT2D eigenvalue weighted by Gasteiger charge is -2.50. The summed E-state index contributed by atoms with van der Waals surface area (Å²) in [5.74, 6) is 2.54. The van der Waals surface area contributed by atoms with Gasteiger partial charge in [-0.25, -0.2) is 0 Å². The van der Waals surface area contributed by atoms with Gasteiger partial charge in [0.2, 0.25) is 0 Å². The second kappa shape index (κ2) is 11.0. The molecule has 2 atom stereocenters. The van der Waals surface area contributed by atoms with E-state index in [0.29, 0.717) is 18.0 Å². The quantitative estimate of drug-likeness (QED) is 0.453. The van der Waals surface area contributed by atoms with Crippen LogP contribution in [0.2, 0.25) is 0 Å². The number of piperidine rings is 1. The van der Waals surface area contributed by atoms with Crippen LogP contribution in [0.5, 0.6) is 11.5 Å². The Bertz CT molecular complexity index is 839. The number of likely N-dealkylation sites (tertiary alicyclic amines) is 1. The predicted molar refractivity (Wildman–Crippen MR) is 138 cm³/mol. The van der Waals surface area contributed by atoms with Crippen molar-refractivity contribution in [1.82, 2.24) is 4.90 Å². The minimum Gasteiger partial charge on any atom is -0.457 e. The van der Waals surface area contributed by atoms with Gasteiger partial charge >= 0.3 is 0 Å². The molecule has 1 saturated heterocycles. The average Bonchev–Trinajstić information content (AvgIpc) is 2.88. The van der Waals surface area contributed by atoms with Gasteiger partial charge in [-0.1, -0.05) is 63.6 Å². The summed E-state index contributed by atoms with van der Waals surface area (Å²) in [6, 6.07) is 21.2. The Balaban J connectivity index is 1.32. The molecule has 33 heavy (non-hydrogen) atoms. The topological polar surface area (TPSA) is 15.7 Å². The Morgan fingerprint density at radius 2 is 1.36 bits per heavy atom. The SMILES string of the molecule is CC1CN(C2CCCCC2)CCC1N(c1ccc(Oc2ccccc2)cc1)C1CCCCC1. The molecule has 0 radical (unpaired) electrons. The van der Waals surface area contributed by atoms with Gasteiger partial charge in [0.1, 0.15) is 11.5 Å². The zero-order chi connectivity index (χ0) is 22.5. The molecule has 3 aliphatic rings. The predicted octanol–water partition coefficient (Wildman–Crippen LogP) is 7.66. The first-order chi connectivity index (χ1) is 16.3. The highest BCUT2D eigenvalue weighted by Crippen LogP contribution is 2.37. The van der Waals surface area contributed by atoms with E-state index in [0.717, 1.165) is 17.5 Å². The second-order valence-electron chi connectivity index (χ2n) is 10.7. The standard InChI is InChI=1S/C30H42N2O/c1-24-23-31(25-11-5-2-6-12-25)22-21-30(24)32(26-13-7-3-8-14-26)27-17-19-29(20-18-27)33-28-15-9-4-10-16-28/h4,9-10,15-20,24-26,30H,2-3,5-8,11-14,21-23H2,1H3. The summed E-state index contributed by atoms with van der Waals surface area (Å²) in [5, 5.41) is 0. The van der Waals surface area contributed by atoms with E-state index in [2.05, 4.69) is 41.0 Å². The Hall–Kier alpha value is -2.00. The number of hydrogen-bond acceptors (Lipinski definition) is 3. The average molecular weight is 447 g/mol. The van der Waals surface area contributed by atoms with Gasteiger partial charge in [0.15, 0.2) is 0 Å². The van der Waals surface area contributed by atoms with Crippen LogP contribution in [0.25, 0.3) is 0 Å². The molecule has 2 unspecified atom stereocenters. The van der Waals surface area contributed by atoms with Crippen LogP contribution >= 0.6 is 0 Å². The van der Waals surface area contributed by atoms with Crippen molar-refractivity contribution >= 4 is 5.69 Å². The molecule has 3 nitrogen and oxygen atoms in total. The van der Waals surface area contributed by atoms with Gasteiger partial charge in [-0.2, -0.15) is 0 Å². The zero-order valence-electron chi connectivity index (χ0n) is 20.5. The van der Waals surface area contributed by atoms with Gasteiger partial charge in [-0.15, -0.1) is 0 Å². The van der Waals surface area contributed by atoms with Crippen LogP contribution in [0.1, 0.15) is 77.6 Å². The van der Waals surface area contributed by atoms with E-state index in [1.54, 1.807) is 0 Å². The van der Waals surface area contributed by atoms with Crippen molar-refractivity contribution in [2.24, 2.45) is 5.92 Å². The van der Waals surface area contributed by atoms with Crippen molar-refractivity contribution < 1.29 is 4.74 Å². The van der Waals surface area contributed by atoms with Gasteiger partial charge in [-0.3, -0.25) is 4.90 Å². The normalized spacial score (nSPS) is 25.6. The highest BCUT2D eigenvalue weighted by atomic mass is 16.5. The van der Waals surface area contributed by atoms with Crippen molar-refractivity contribution in [2.45, 2.75) is 95.7 Å². The monoisotopic (exact) mass is 446 g/mol. The van der Waals surface area contributed by atoms with Crippen LogP contribution < -0.4 is 9.64 Å². The highest BCUT2D eigenvalue weighted by molar-refractivity contribution is 5.52. The fraction of sp³-hybridized carbons (Fsp3) is 0.600. The minimum absolute atomic E-state index is 0.647. The molecule has 178 valence electrons. The Kier molecular flexibility index (Phi) is 7.56. The molecule has 2 aromatic carbocycles. The summed E-state index contributed by atoms with van der Waals surface area (Å²) in [6.07, 6.45) is 15.3. The molecular weight excluding hydrogens is 404 g/mol. The summed E-state index contributed by atoms with van der Waals surface area (Å²) >= 11 is 0. The van der Waals surface area contributed by atoms with Crippen molar-refractivity contribution in [3.63, 3.8) is 0 Å². The summed E-state index contributed by atoms with van der Waals surface area (Å²) in [4.78, 5) is 5.69. The summed E-state index contributed by atoms with van der Waals surface area (Å²) < 4.78 is 6.08. The van der Waals surface area contributed by atoms with Crippen molar-refractivity contribution in [3.05, 3.63) is 54.6 Å². The number of anilines is 1. The molecule has 1 aliphatic heterocycles. The van der Waals surface area contributed by atoms with E-state index >= 15 is 0 Å². The molecule has 0 bridgehead atoms. The highest BCUT2D eigenvalue weighted by Gasteiger charge is 2.36. The smallest absolute Gasteiger partial charge is 0.127 e. The Morgan fingerprint density at radius 1 is 0.727 bits per heavy atom. The van der Waals surface area contributed by atoms with Crippen molar-refractivity contribution in [1.29, 1.82) is 0 Å². The maximum absolute atomic E-state index is 6.08. The lowest BCUT2D eigenvalue weighted by molar-refractivity contribution is 0.0875. The molecule has 3 fully saturated rings. The van der Waals surface area contributed by atoms with Gasteiger partial charge in [0.05, 0.1) is 0 Å². The number of nitrogens with zero attached hydrogens (tertiary/aromatic N) is 2. The molecule has 5 rings (SSSR count). The first-order valence-corrected chi connectivity index (χ1v) is 13.6. The van der Waals surface area contributed by atoms with E-state index in [1.807, 2.05) is 30.3 Å². The molecular formula is C30H42N2O. The molecule has 0 N–H and O–H groups in total. The fourth-order valence-corrected chi connectivity index (χ4v) is 6.70. The number of ether oxygens (including phenoxy) is 1. The number of rotatable bonds is 6. The van der Waals surface area contributed by atoms with Crippen LogP contribution in [-0.4, -0.2) is 36.1 Å². The lowest BCUT2D eigenvalue weighted by Crippen LogP contribution is -2.56. The number of hydrogen-bond donors (Lipinski definition) is 0. The van der Waals surface area contributed by atoms with E-state index in [1.165, 1.54) is 89.4 Å². The maximum Gasteiger partial charge on any atom is 0.127 e. The molecule has 1 heterocycles. The van der Waals surface area contributed by atoms with E-state index in [9.17, 15) is 0 Å². The molecule has 0 aromatic heterocycles. The van der Waals surface area contributed by atoms with Gasteiger partial charge in [-0.05, 0) is 74.4 Å². The van der Waals surface area contributed by atoms with E-state index in [-0.39, 0.29) is 0 Å². The summed E-state index contributed by atoms with van der Waals surface area (Å²) in [6.45, 7) is 5.06. The van der Waals surface area contributed by atoms with Crippen LogP contribution in [0.4, 0.5) is 5.69 Å². The summed E-state index contributed by atoms with van der Waals surface area (Å²) in [5.41, 5.74) is 1.39. The third kappa shape index (κ3) is 5.57. The van der Waals surface area contributed by atoms with Gasteiger partial charge < -0.3 is 9.64 Å². The second-order valence-corrected chi connectivity index (χ2v) is 10.7. The maximum atomic E-state index is 6.08. The number of benzene rings is 2. The van der Waals surface area contributed by atoms with Gasteiger partial charge in [0.25, 0.3) is 0 Å². The van der Waals surface area contributed by atoms with Crippen LogP contribution in [0.15, 0.2) is 54.6 Å². The summed E-state index contributed by atoms with van der Waals surface area (Å²) in [7, 11) is 0. The molecule has 0 spiro atoms. The lowest BCUT2D eigenvalue weighted by atomic mass is 9.85. The largest absolute Gasteiger partial charge is 0.457 e. The Labute approximate surface area is 201 Å². The van der Waals surface area contributed by atoms with Crippen LogP contribution in [0.3, 0.4) is 0 Å². The minimum atomic E-state index is 0.647. The van der Waals surface area contributed by atoms with Crippen LogP contribution in [-0.2, 0) is 0 Å². The van der Waals surface area contributed by atoms with E-state index in [4.69, 9.17) is 4.74 Å². The van der Waals surface area contributed by atoms with Crippen LogP contribution in [0, 0.1) is 5.92 Å². The van der Waals surface area contributed by atoms with Crippen molar-refractivity contribution in [2.75, 3.05) is 18.0 Å². The Morgan fingerprint density at radius 3 is 2.03 bits per heavy atom.